The minimum Gasteiger partial charge on any atom is -0.495 e. The number of rotatable bonds is 7. The van der Waals surface area contributed by atoms with Gasteiger partial charge in [0.25, 0.3) is 0 Å². The van der Waals surface area contributed by atoms with E-state index in [1.165, 1.54) is 17.9 Å². The molecule has 0 aliphatic carbocycles. The molecule has 0 radical (unpaired) electrons. The van der Waals surface area contributed by atoms with Gasteiger partial charge in [-0.05, 0) is 42.5 Å². The highest BCUT2D eigenvalue weighted by atomic mass is 32.2. The molecule has 1 aromatic carbocycles. The van der Waals surface area contributed by atoms with Crippen LogP contribution in [0.25, 0.3) is 11.1 Å². The second-order valence-corrected chi connectivity index (χ2v) is 10.0. The summed E-state index contributed by atoms with van der Waals surface area (Å²) < 4.78 is 35.2. The maximum atomic E-state index is 13.1. The van der Waals surface area contributed by atoms with E-state index in [4.69, 9.17) is 4.74 Å². The number of amides is 1. The van der Waals surface area contributed by atoms with Crippen molar-refractivity contribution in [1.29, 1.82) is 0 Å². The Morgan fingerprint density at radius 3 is 2.78 bits per heavy atom. The molecule has 0 saturated carbocycles. The molecule has 3 heterocycles. The summed E-state index contributed by atoms with van der Waals surface area (Å²) >= 11 is 1.56. The fourth-order valence-electron chi connectivity index (χ4n) is 3.57. The van der Waals surface area contributed by atoms with Crippen LogP contribution in [-0.2, 0) is 21.2 Å². The second-order valence-electron chi connectivity index (χ2n) is 7.26. The zero-order valence-electron chi connectivity index (χ0n) is 17.5. The molecule has 1 aliphatic rings. The molecule has 2 N–H and O–H groups in total. The fraction of sp³-hybridized carbons (Fsp3) is 0.286. The number of sulfonamides is 1. The normalized spacial score (nSPS) is 14.1. The van der Waals surface area contributed by atoms with Crippen molar-refractivity contribution in [3.05, 3.63) is 46.3 Å². The summed E-state index contributed by atoms with van der Waals surface area (Å²) in [6, 6.07) is 8.56. The van der Waals surface area contributed by atoms with Crippen molar-refractivity contribution in [2.75, 3.05) is 19.0 Å². The van der Waals surface area contributed by atoms with Gasteiger partial charge in [0.2, 0.25) is 21.8 Å². The summed E-state index contributed by atoms with van der Waals surface area (Å²) in [5, 5.41) is 8.94. The van der Waals surface area contributed by atoms with Gasteiger partial charge in [0.05, 0.1) is 12.8 Å². The number of aromatic nitrogens is 2. The van der Waals surface area contributed by atoms with Crippen LogP contribution >= 0.6 is 11.3 Å². The van der Waals surface area contributed by atoms with Gasteiger partial charge in [-0.1, -0.05) is 12.1 Å². The molecular weight excluding hydrogens is 452 g/mol. The van der Waals surface area contributed by atoms with Gasteiger partial charge in [0.15, 0.2) is 0 Å². The maximum Gasteiger partial charge on any atom is 0.249 e. The third-order valence-electron chi connectivity index (χ3n) is 5.11. The molecule has 4 rings (SSSR count). The quantitative estimate of drug-likeness (QED) is 0.543. The number of hydrogen-bond acceptors (Lipinski definition) is 7. The van der Waals surface area contributed by atoms with Gasteiger partial charge >= 0.3 is 0 Å². The van der Waals surface area contributed by atoms with Crippen molar-refractivity contribution in [1.82, 2.24) is 14.5 Å². The van der Waals surface area contributed by atoms with Crippen LogP contribution in [-0.4, -0.2) is 43.7 Å². The number of thiophene rings is 1. The van der Waals surface area contributed by atoms with Gasteiger partial charge in [-0.3, -0.25) is 9.59 Å². The summed E-state index contributed by atoms with van der Waals surface area (Å²) in [6.07, 6.45) is 0.690. The maximum absolute atomic E-state index is 13.1. The Balaban J connectivity index is 1.71. The number of nitrogens with zero attached hydrogens (tertiary/aromatic N) is 2. The Bertz CT molecular complexity index is 1280. The molecule has 3 aromatic rings. The third kappa shape index (κ3) is 4.31. The van der Waals surface area contributed by atoms with Gasteiger partial charge in [0, 0.05) is 29.8 Å². The van der Waals surface area contributed by atoms with Crippen molar-refractivity contribution >= 4 is 39.0 Å². The lowest BCUT2D eigenvalue weighted by Gasteiger charge is -2.13. The molecule has 11 heteroatoms. The molecule has 1 amide bonds. The summed E-state index contributed by atoms with van der Waals surface area (Å²) in [5.74, 6) is -0.165. The smallest absolute Gasteiger partial charge is 0.249 e. The highest BCUT2D eigenvalue weighted by molar-refractivity contribution is 7.89. The average molecular weight is 475 g/mol. The highest BCUT2D eigenvalue weighted by Gasteiger charge is 2.28. The first-order chi connectivity index (χ1) is 15.3. The number of carbonyl (C=O) groups excluding carboxylic acids is 2. The summed E-state index contributed by atoms with van der Waals surface area (Å²) in [7, 11) is -2.49. The average Bonchev–Trinajstić information content (AvgIpc) is 3.36. The third-order valence-corrected chi connectivity index (χ3v) is 7.52. The van der Waals surface area contributed by atoms with Crippen LogP contribution in [0.1, 0.15) is 28.2 Å². The highest BCUT2D eigenvalue weighted by Crippen LogP contribution is 2.36. The van der Waals surface area contributed by atoms with Crippen molar-refractivity contribution in [2.45, 2.75) is 31.1 Å². The Morgan fingerprint density at radius 2 is 2.06 bits per heavy atom. The van der Waals surface area contributed by atoms with Gasteiger partial charge in [-0.25, -0.2) is 13.1 Å². The molecule has 1 aliphatic heterocycles. The van der Waals surface area contributed by atoms with Crippen LogP contribution < -0.4 is 14.8 Å². The molecule has 0 bridgehead atoms. The molecule has 0 saturated heterocycles. The number of fused-ring (bicyclic) bond motifs is 1. The fourth-order valence-corrected chi connectivity index (χ4v) is 5.51. The molecule has 9 nitrogen and oxygen atoms in total. The van der Waals surface area contributed by atoms with Gasteiger partial charge < -0.3 is 10.1 Å². The topological polar surface area (TPSA) is 119 Å². The lowest BCUT2D eigenvalue weighted by Crippen LogP contribution is -2.26. The second kappa shape index (κ2) is 8.85. The lowest BCUT2D eigenvalue weighted by atomic mass is 10.1. The summed E-state index contributed by atoms with van der Waals surface area (Å²) in [6.45, 7) is 1.94. The molecule has 2 aromatic heterocycles. The molecule has 168 valence electrons. The number of anilines is 1. The van der Waals surface area contributed by atoms with E-state index < -0.39 is 10.0 Å². The zero-order valence-corrected chi connectivity index (χ0v) is 19.2. The first-order valence-corrected chi connectivity index (χ1v) is 12.3. The SMILES string of the molecule is COc1ccc(-c2c(C)nn3c2NC(=O)CCC3=O)cc1S(=O)(=O)NCCc1cccs1. The number of nitrogens with one attached hydrogen (secondary N) is 2. The van der Waals surface area contributed by atoms with E-state index in [1.807, 2.05) is 17.5 Å². The van der Waals surface area contributed by atoms with Gasteiger partial charge in [0.1, 0.15) is 16.5 Å². The van der Waals surface area contributed by atoms with E-state index >= 15 is 0 Å². The predicted molar refractivity (Wildman–Crippen MR) is 121 cm³/mol. The van der Waals surface area contributed by atoms with Crippen molar-refractivity contribution in [3.8, 4) is 16.9 Å². The first-order valence-electron chi connectivity index (χ1n) is 9.93. The Morgan fingerprint density at radius 1 is 1.25 bits per heavy atom. The standard InChI is InChI=1S/C21H22N4O5S2/c1-13-20(21-23-18(26)7-8-19(27)25(21)24-13)14-5-6-16(30-2)17(12-14)32(28,29)22-10-9-15-4-3-11-31-15/h3-6,11-12,22H,7-10H2,1-2H3,(H,23,26). The molecule has 0 atom stereocenters. The van der Waals surface area contributed by atoms with Crippen LogP contribution in [0.3, 0.4) is 0 Å². The largest absolute Gasteiger partial charge is 0.495 e. The summed E-state index contributed by atoms with van der Waals surface area (Å²) in [5.41, 5.74) is 1.49. The molecule has 0 spiro atoms. The van der Waals surface area contributed by atoms with E-state index in [0.29, 0.717) is 23.2 Å². The van der Waals surface area contributed by atoms with Crippen LogP contribution in [0.15, 0.2) is 40.6 Å². The zero-order chi connectivity index (χ0) is 22.9. The Kier molecular flexibility index (Phi) is 6.13. The summed E-state index contributed by atoms with van der Waals surface area (Å²) in [4.78, 5) is 25.5. The van der Waals surface area contributed by atoms with Crippen molar-refractivity contribution < 1.29 is 22.7 Å². The minimum atomic E-state index is -3.88. The Hall–Kier alpha value is -3.02. The van der Waals surface area contributed by atoms with Crippen LogP contribution in [0.4, 0.5) is 5.82 Å². The number of benzene rings is 1. The van der Waals surface area contributed by atoms with Crippen LogP contribution in [0, 0.1) is 6.92 Å². The van der Waals surface area contributed by atoms with Crippen molar-refractivity contribution in [2.24, 2.45) is 0 Å². The molecule has 32 heavy (non-hydrogen) atoms. The van der Waals surface area contributed by atoms with E-state index in [-0.39, 0.29) is 47.7 Å². The van der Waals surface area contributed by atoms with Gasteiger partial charge in [-0.2, -0.15) is 9.78 Å². The number of ether oxygens (including phenoxy) is 1. The van der Waals surface area contributed by atoms with Crippen LogP contribution in [0.2, 0.25) is 0 Å². The monoisotopic (exact) mass is 474 g/mol. The molecular formula is C21H22N4O5S2. The number of carbonyl (C=O) groups is 2. The van der Waals surface area contributed by atoms with Crippen LogP contribution in [0.5, 0.6) is 5.75 Å². The molecule has 0 unspecified atom stereocenters. The van der Waals surface area contributed by atoms with Crippen molar-refractivity contribution in [3.63, 3.8) is 0 Å². The van der Waals surface area contributed by atoms with E-state index in [1.54, 1.807) is 30.4 Å². The minimum absolute atomic E-state index is 0.0331. The lowest BCUT2D eigenvalue weighted by molar-refractivity contribution is -0.116. The van der Waals surface area contributed by atoms with E-state index in [2.05, 4.69) is 15.1 Å². The predicted octanol–water partition coefficient (Wildman–Crippen LogP) is 2.82. The van der Waals surface area contributed by atoms with E-state index in [0.717, 1.165) is 4.88 Å². The number of aryl methyl sites for hydroxylation is 1. The number of hydrogen-bond donors (Lipinski definition) is 2. The van der Waals surface area contributed by atoms with E-state index in [9.17, 15) is 18.0 Å². The van der Waals surface area contributed by atoms with Gasteiger partial charge in [-0.15, -0.1) is 11.3 Å². The first kappa shape index (κ1) is 22.2. The number of methoxy groups -OCH3 is 1. The molecule has 0 fully saturated rings. The Labute approximate surface area is 189 Å².